The Bertz CT molecular complexity index is 1220. The molecule has 4 aromatic rings. The van der Waals surface area contributed by atoms with Gasteiger partial charge in [0.1, 0.15) is 11.6 Å². The van der Waals surface area contributed by atoms with E-state index in [9.17, 15) is 9.18 Å². The molecule has 1 amide bonds. The number of methoxy groups -OCH3 is 2. The summed E-state index contributed by atoms with van der Waals surface area (Å²) in [7, 11) is 2.98. The van der Waals surface area contributed by atoms with E-state index >= 15 is 0 Å². The van der Waals surface area contributed by atoms with Crippen molar-refractivity contribution in [1.82, 2.24) is 24.8 Å². The average molecular weight is 396 g/mol. The molecule has 0 aliphatic carbocycles. The Balaban J connectivity index is 1.67. The fourth-order valence-electron chi connectivity index (χ4n) is 2.90. The zero-order valence-corrected chi connectivity index (χ0v) is 15.9. The highest BCUT2D eigenvalue weighted by atomic mass is 19.1. The molecule has 3 aromatic heterocycles. The maximum absolute atomic E-state index is 14.5. The molecule has 0 atom stereocenters. The lowest BCUT2D eigenvalue weighted by Gasteiger charge is -2.10. The number of hydrogen-bond donors (Lipinski definition) is 2. The van der Waals surface area contributed by atoms with Crippen LogP contribution in [-0.4, -0.2) is 44.9 Å². The number of rotatable bonds is 5. The summed E-state index contributed by atoms with van der Waals surface area (Å²) in [4.78, 5) is 15.6. The van der Waals surface area contributed by atoms with Crippen molar-refractivity contribution in [2.75, 3.05) is 19.5 Å². The highest BCUT2D eigenvalue weighted by Gasteiger charge is 2.18. The lowest BCUT2D eigenvalue weighted by Crippen LogP contribution is -2.13. The van der Waals surface area contributed by atoms with Gasteiger partial charge in [-0.3, -0.25) is 9.78 Å². The van der Waals surface area contributed by atoms with Crippen LogP contribution in [0.3, 0.4) is 0 Å². The van der Waals surface area contributed by atoms with Crippen LogP contribution in [0.1, 0.15) is 15.9 Å². The Morgan fingerprint density at radius 1 is 1.21 bits per heavy atom. The van der Waals surface area contributed by atoms with Crippen molar-refractivity contribution < 1.29 is 18.7 Å². The number of carbonyl (C=O) groups excluding carboxylic acids is 1. The fraction of sp³-hybridized carbons (Fsp3) is 0.158. The van der Waals surface area contributed by atoms with Crippen LogP contribution in [0.15, 0.2) is 36.7 Å². The van der Waals surface area contributed by atoms with Gasteiger partial charge in [0.15, 0.2) is 5.82 Å². The van der Waals surface area contributed by atoms with Crippen LogP contribution in [0.5, 0.6) is 11.8 Å². The molecular formula is C19H17FN6O3. The van der Waals surface area contributed by atoms with Gasteiger partial charge in [0, 0.05) is 5.69 Å². The van der Waals surface area contributed by atoms with Crippen molar-refractivity contribution in [3.63, 3.8) is 0 Å². The van der Waals surface area contributed by atoms with Crippen LogP contribution in [-0.2, 0) is 0 Å². The highest BCUT2D eigenvalue weighted by Crippen LogP contribution is 2.28. The largest absolute Gasteiger partial charge is 0.495 e. The number of carbonyl (C=O) groups is 1. The van der Waals surface area contributed by atoms with Gasteiger partial charge in [-0.05, 0) is 36.8 Å². The third-order valence-corrected chi connectivity index (χ3v) is 4.45. The topological polar surface area (TPSA) is 106 Å². The number of amides is 1. The van der Waals surface area contributed by atoms with Gasteiger partial charge in [-0.1, -0.05) is 5.10 Å². The van der Waals surface area contributed by atoms with Crippen LogP contribution in [0.4, 0.5) is 10.1 Å². The summed E-state index contributed by atoms with van der Waals surface area (Å²) < 4.78 is 26.1. The molecule has 0 fully saturated rings. The van der Waals surface area contributed by atoms with Crippen LogP contribution < -0.4 is 14.8 Å². The van der Waals surface area contributed by atoms with Crippen molar-refractivity contribution in [2.24, 2.45) is 0 Å². The minimum absolute atomic E-state index is 0.159. The number of nitrogens with one attached hydrogen (secondary N) is 2. The average Bonchev–Trinajstić information content (AvgIpc) is 3.36. The summed E-state index contributed by atoms with van der Waals surface area (Å²) in [5, 5.41) is 14.6. The third-order valence-electron chi connectivity index (χ3n) is 4.45. The molecule has 0 spiro atoms. The maximum Gasteiger partial charge on any atom is 0.314 e. The van der Waals surface area contributed by atoms with E-state index in [4.69, 9.17) is 9.47 Å². The zero-order valence-electron chi connectivity index (χ0n) is 15.9. The monoisotopic (exact) mass is 396 g/mol. The number of halogens is 1. The second-order valence-electron chi connectivity index (χ2n) is 6.24. The minimum atomic E-state index is -0.498. The van der Waals surface area contributed by atoms with Gasteiger partial charge in [-0.25, -0.2) is 8.91 Å². The zero-order chi connectivity index (χ0) is 20.5. The first-order valence-corrected chi connectivity index (χ1v) is 8.60. The summed E-state index contributed by atoms with van der Waals surface area (Å²) in [6, 6.07) is 6.46. The van der Waals surface area contributed by atoms with Crippen molar-refractivity contribution in [3.8, 4) is 23.1 Å². The quantitative estimate of drug-likeness (QED) is 0.537. The molecule has 0 bridgehead atoms. The van der Waals surface area contributed by atoms with E-state index in [1.54, 1.807) is 36.9 Å². The van der Waals surface area contributed by atoms with E-state index in [2.05, 4.69) is 25.6 Å². The first kappa shape index (κ1) is 18.4. The van der Waals surface area contributed by atoms with Crippen molar-refractivity contribution in [2.45, 2.75) is 6.92 Å². The van der Waals surface area contributed by atoms with Crippen LogP contribution in [0.25, 0.3) is 16.9 Å². The molecule has 1 aromatic carbocycles. The Morgan fingerprint density at radius 2 is 2.03 bits per heavy atom. The molecule has 0 saturated carbocycles. The number of hydrogen-bond acceptors (Lipinski definition) is 6. The lowest BCUT2D eigenvalue weighted by molar-refractivity contribution is 0.102. The maximum atomic E-state index is 14.5. The molecule has 0 radical (unpaired) electrons. The van der Waals surface area contributed by atoms with Gasteiger partial charge >= 0.3 is 6.01 Å². The summed E-state index contributed by atoms with van der Waals surface area (Å²) in [5.41, 5.74) is 2.15. The summed E-state index contributed by atoms with van der Waals surface area (Å²) in [5.74, 6) is -0.0599. The van der Waals surface area contributed by atoms with Gasteiger partial charge in [-0.2, -0.15) is 5.10 Å². The number of pyridine rings is 1. The molecule has 9 nitrogen and oxygen atoms in total. The van der Waals surface area contributed by atoms with Crippen LogP contribution >= 0.6 is 0 Å². The molecule has 148 valence electrons. The van der Waals surface area contributed by atoms with E-state index in [0.29, 0.717) is 28.1 Å². The van der Waals surface area contributed by atoms with Gasteiger partial charge in [-0.15, -0.1) is 5.10 Å². The molecule has 0 aliphatic heterocycles. The number of benzene rings is 1. The Morgan fingerprint density at radius 3 is 2.76 bits per heavy atom. The predicted octanol–water partition coefficient (Wildman–Crippen LogP) is 2.84. The molecule has 29 heavy (non-hydrogen) atoms. The highest BCUT2D eigenvalue weighted by molar-refractivity contribution is 6.09. The number of ether oxygens (including phenoxy) is 2. The first-order valence-electron chi connectivity index (χ1n) is 8.60. The predicted molar refractivity (Wildman–Crippen MR) is 103 cm³/mol. The normalized spacial score (nSPS) is 10.9. The standard InChI is InChI=1S/C19H17FN6O3/c1-10-6-14(20)12(17-23-19(29-3)25-24-17)7-15(10)22-18(27)13-8-21-26-9-11(28-2)4-5-16(13)26/h4-9H,1-3H3,(H,22,27)(H,23,24,25). The molecule has 3 heterocycles. The number of aromatic nitrogens is 5. The Hall–Kier alpha value is -3.95. The third kappa shape index (κ3) is 3.35. The molecular weight excluding hydrogens is 379 g/mol. The fourth-order valence-corrected chi connectivity index (χ4v) is 2.90. The van der Waals surface area contributed by atoms with Gasteiger partial charge < -0.3 is 14.8 Å². The summed E-state index contributed by atoms with van der Waals surface area (Å²) >= 11 is 0. The smallest absolute Gasteiger partial charge is 0.314 e. The number of fused-ring (bicyclic) bond motifs is 1. The molecule has 2 N–H and O–H groups in total. The molecule has 0 unspecified atom stereocenters. The molecule has 0 saturated heterocycles. The number of aromatic amines is 1. The van der Waals surface area contributed by atoms with Gasteiger partial charge in [0.05, 0.1) is 43.3 Å². The SMILES string of the molecule is COc1ccc2c(C(=O)Nc3cc(-c4nnc(OC)[nH]4)c(F)cc3C)cnn2c1. The summed E-state index contributed by atoms with van der Waals surface area (Å²) in [6.07, 6.45) is 3.13. The first-order chi connectivity index (χ1) is 14.0. The van der Waals surface area contributed by atoms with Crippen LogP contribution in [0.2, 0.25) is 0 Å². The van der Waals surface area contributed by atoms with Crippen molar-refractivity contribution in [1.29, 1.82) is 0 Å². The van der Waals surface area contributed by atoms with Gasteiger partial charge in [0.2, 0.25) is 0 Å². The molecule has 10 heteroatoms. The van der Waals surface area contributed by atoms with Crippen molar-refractivity contribution in [3.05, 3.63) is 53.6 Å². The Kier molecular flexibility index (Phi) is 4.59. The van der Waals surface area contributed by atoms with E-state index in [1.807, 2.05) is 0 Å². The van der Waals surface area contributed by atoms with Crippen molar-refractivity contribution >= 4 is 17.1 Å². The molecule has 4 rings (SSSR count). The number of aryl methyl sites for hydroxylation is 1. The van der Waals surface area contributed by atoms with Crippen LogP contribution in [0, 0.1) is 12.7 Å². The number of anilines is 1. The van der Waals surface area contributed by atoms with E-state index in [0.717, 1.165) is 0 Å². The Labute approximate surface area is 164 Å². The second kappa shape index (κ2) is 7.23. The lowest BCUT2D eigenvalue weighted by atomic mass is 10.1. The molecule has 0 aliphatic rings. The van der Waals surface area contributed by atoms with E-state index in [1.165, 1.54) is 25.4 Å². The summed E-state index contributed by atoms with van der Waals surface area (Å²) in [6.45, 7) is 1.70. The number of H-pyrrole nitrogens is 1. The number of nitrogens with zero attached hydrogens (tertiary/aromatic N) is 4. The second-order valence-corrected chi connectivity index (χ2v) is 6.24. The minimum Gasteiger partial charge on any atom is -0.495 e. The van der Waals surface area contributed by atoms with E-state index < -0.39 is 5.82 Å². The van der Waals surface area contributed by atoms with Gasteiger partial charge in [0.25, 0.3) is 5.91 Å². The van der Waals surface area contributed by atoms with E-state index in [-0.39, 0.29) is 23.3 Å².